The molecule has 0 spiro atoms. The molecule has 0 aliphatic carbocycles. The molecule has 0 aliphatic heterocycles. The largest absolute Gasteiger partial charge is 0.396 e. The maximum atomic E-state index is 13.7. The number of pyridine rings is 1. The van der Waals surface area contributed by atoms with Crippen LogP contribution in [-0.4, -0.2) is 44.5 Å². The number of anilines is 1. The first-order chi connectivity index (χ1) is 14.9. The third-order valence-corrected chi connectivity index (χ3v) is 5.12. The zero-order valence-electron chi connectivity index (χ0n) is 17.1. The van der Waals surface area contributed by atoms with Gasteiger partial charge in [0.15, 0.2) is 12.9 Å². The van der Waals surface area contributed by atoms with Gasteiger partial charge in [0.2, 0.25) is 5.91 Å². The maximum Gasteiger partial charge on any atom is 0.222 e. The van der Waals surface area contributed by atoms with Crippen molar-refractivity contribution < 1.29 is 14.3 Å². The number of carbonyl (C=O) groups is 1. The molecule has 1 radical (unpaired) electrons. The Morgan fingerprint density at radius 1 is 1.35 bits per heavy atom. The molecule has 1 atom stereocenters. The number of halogens is 1. The van der Waals surface area contributed by atoms with Gasteiger partial charge < -0.3 is 16.2 Å². The van der Waals surface area contributed by atoms with Crippen molar-refractivity contribution in [2.75, 3.05) is 12.3 Å². The lowest BCUT2D eigenvalue weighted by Crippen LogP contribution is -2.35. The Bertz CT molecular complexity index is 1290. The summed E-state index contributed by atoms with van der Waals surface area (Å²) in [6, 6.07) is 5.80. The molecule has 1 amide bonds. The van der Waals surface area contributed by atoms with E-state index in [-0.39, 0.29) is 24.8 Å². The van der Waals surface area contributed by atoms with E-state index in [1.54, 1.807) is 25.4 Å². The van der Waals surface area contributed by atoms with E-state index in [0.29, 0.717) is 39.1 Å². The van der Waals surface area contributed by atoms with Crippen LogP contribution >= 0.6 is 0 Å². The number of fused-ring (bicyclic) bond motifs is 2. The summed E-state index contributed by atoms with van der Waals surface area (Å²) in [6.45, 7) is 3.40. The van der Waals surface area contributed by atoms with Gasteiger partial charge in [-0.3, -0.25) is 9.78 Å². The number of aromatic nitrogens is 4. The monoisotopic (exact) mass is 419 g/mol. The summed E-state index contributed by atoms with van der Waals surface area (Å²) in [5.41, 5.74) is 10.2. The number of aliphatic hydroxyl groups excluding tert-OH is 1. The molecule has 0 fully saturated rings. The molecular formula is C21H21BFN6O2. The van der Waals surface area contributed by atoms with Crippen LogP contribution in [-0.2, 0) is 4.79 Å². The highest BCUT2D eigenvalue weighted by Gasteiger charge is 2.21. The highest BCUT2D eigenvalue weighted by molar-refractivity contribution is 6.54. The zero-order chi connectivity index (χ0) is 22.1. The second-order valence-corrected chi connectivity index (χ2v) is 7.20. The fourth-order valence-corrected chi connectivity index (χ4v) is 3.61. The van der Waals surface area contributed by atoms with Crippen LogP contribution < -0.4 is 16.5 Å². The lowest BCUT2D eigenvalue weighted by atomic mass is 9.71. The SMILES string of the molecule is C[B]c1c(C(C)NC(=O)CCO)nc2c(-c3cnc4ccc(F)cc4c3)cnn2c1N. The Labute approximate surface area is 178 Å². The fourth-order valence-electron chi connectivity index (χ4n) is 3.61. The normalized spacial score (nSPS) is 12.3. The van der Waals surface area contributed by atoms with Crippen molar-refractivity contribution in [1.29, 1.82) is 0 Å². The standard InChI is InChI=1S/C21H21BFN6O2/c1-11(27-17(31)5-6-30)19-18(22-2)20(24)29-21(28-19)15(10-26-29)13-7-12-8-14(23)3-4-16(12)25-9-13/h3-4,7-11,30H,5-6,24H2,1-2H3,(H,27,31). The summed E-state index contributed by atoms with van der Waals surface area (Å²) in [5, 5.41) is 16.9. The molecule has 157 valence electrons. The predicted octanol–water partition coefficient (Wildman–Crippen LogP) is 1.60. The summed E-state index contributed by atoms with van der Waals surface area (Å²) in [4.78, 5) is 21.1. The minimum Gasteiger partial charge on any atom is -0.396 e. The second kappa shape index (κ2) is 8.31. The smallest absolute Gasteiger partial charge is 0.222 e. The second-order valence-electron chi connectivity index (χ2n) is 7.20. The van der Waals surface area contributed by atoms with Crippen LogP contribution in [0.25, 0.3) is 27.7 Å². The molecule has 1 unspecified atom stereocenters. The molecule has 3 heterocycles. The van der Waals surface area contributed by atoms with Gasteiger partial charge in [0, 0.05) is 29.1 Å². The molecule has 4 aromatic rings. The van der Waals surface area contributed by atoms with Crippen molar-refractivity contribution in [2.24, 2.45) is 0 Å². The first-order valence-electron chi connectivity index (χ1n) is 9.85. The maximum absolute atomic E-state index is 13.7. The molecule has 0 saturated carbocycles. The first-order valence-corrected chi connectivity index (χ1v) is 9.85. The number of rotatable bonds is 6. The van der Waals surface area contributed by atoms with Crippen molar-refractivity contribution in [3.8, 4) is 11.1 Å². The summed E-state index contributed by atoms with van der Waals surface area (Å²) < 4.78 is 15.2. The van der Waals surface area contributed by atoms with Crippen LogP contribution in [0, 0.1) is 5.82 Å². The number of carbonyl (C=O) groups excluding carboxylic acids is 1. The quantitative estimate of drug-likeness (QED) is 0.409. The number of nitrogens with one attached hydrogen (secondary N) is 1. The van der Waals surface area contributed by atoms with Crippen molar-refractivity contribution >= 4 is 41.0 Å². The van der Waals surface area contributed by atoms with Gasteiger partial charge in [0.05, 0.1) is 30.1 Å². The summed E-state index contributed by atoms with van der Waals surface area (Å²) >= 11 is 0. The average Bonchev–Trinajstić information content (AvgIpc) is 3.17. The summed E-state index contributed by atoms with van der Waals surface area (Å²) in [7, 11) is 1.81. The Hall–Kier alpha value is -3.53. The number of amides is 1. The van der Waals surface area contributed by atoms with Crippen molar-refractivity contribution in [3.63, 3.8) is 0 Å². The van der Waals surface area contributed by atoms with Gasteiger partial charge in [0.25, 0.3) is 0 Å². The van der Waals surface area contributed by atoms with Crippen LogP contribution in [0.3, 0.4) is 0 Å². The Morgan fingerprint density at radius 2 is 2.16 bits per heavy atom. The van der Waals surface area contributed by atoms with Gasteiger partial charge in [-0.05, 0) is 36.7 Å². The van der Waals surface area contributed by atoms with Crippen molar-refractivity contribution in [3.05, 3.63) is 48.2 Å². The fraction of sp³-hybridized carbons (Fsp3) is 0.238. The molecule has 0 bridgehead atoms. The summed E-state index contributed by atoms with van der Waals surface area (Å²) in [5.74, 6) is -0.241. The molecular weight excluding hydrogens is 398 g/mol. The minimum atomic E-state index is -0.441. The van der Waals surface area contributed by atoms with E-state index in [4.69, 9.17) is 15.8 Å². The van der Waals surface area contributed by atoms with E-state index < -0.39 is 6.04 Å². The molecule has 0 saturated heterocycles. The molecule has 3 aromatic heterocycles. The van der Waals surface area contributed by atoms with Gasteiger partial charge in [-0.1, -0.05) is 6.82 Å². The minimum absolute atomic E-state index is 0.00445. The zero-order valence-corrected chi connectivity index (χ0v) is 17.1. The van der Waals surface area contributed by atoms with Crippen molar-refractivity contribution in [2.45, 2.75) is 26.2 Å². The van der Waals surface area contributed by atoms with Gasteiger partial charge in [0.1, 0.15) is 11.6 Å². The van der Waals surface area contributed by atoms with Crippen LogP contribution in [0.5, 0.6) is 0 Å². The number of aliphatic hydroxyl groups is 1. The number of nitrogens with two attached hydrogens (primary N) is 1. The Morgan fingerprint density at radius 3 is 2.90 bits per heavy atom. The predicted molar refractivity (Wildman–Crippen MR) is 118 cm³/mol. The van der Waals surface area contributed by atoms with Gasteiger partial charge in [-0.15, -0.1) is 0 Å². The third-order valence-electron chi connectivity index (χ3n) is 5.12. The van der Waals surface area contributed by atoms with E-state index in [9.17, 15) is 9.18 Å². The average molecular weight is 419 g/mol. The highest BCUT2D eigenvalue weighted by Crippen LogP contribution is 2.28. The Balaban J connectivity index is 1.85. The van der Waals surface area contributed by atoms with Crippen LogP contribution in [0.4, 0.5) is 10.2 Å². The van der Waals surface area contributed by atoms with Gasteiger partial charge in [-0.2, -0.15) is 9.61 Å². The molecule has 4 rings (SSSR count). The molecule has 8 nitrogen and oxygen atoms in total. The lowest BCUT2D eigenvalue weighted by Gasteiger charge is -2.19. The first kappa shape index (κ1) is 20.7. The number of nitrogen functional groups attached to an aromatic ring is 1. The van der Waals surface area contributed by atoms with Crippen LogP contribution in [0.15, 0.2) is 36.7 Å². The third kappa shape index (κ3) is 3.82. The molecule has 10 heteroatoms. The molecule has 0 aliphatic rings. The Kier molecular flexibility index (Phi) is 5.56. The van der Waals surface area contributed by atoms with E-state index in [1.165, 1.54) is 16.6 Å². The number of hydrogen-bond donors (Lipinski definition) is 3. The lowest BCUT2D eigenvalue weighted by molar-refractivity contribution is -0.122. The van der Waals surface area contributed by atoms with Crippen LogP contribution in [0.2, 0.25) is 6.82 Å². The summed E-state index contributed by atoms with van der Waals surface area (Å²) in [6.07, 6.45) is 3.32. The van der Waals surface area contributed by atoms with E-state index in [1.807, 2.05) is 20.2 Å². The van der Waals surface area contributed by atoms with E-state index in [2.05, 4.69) is 15.4 Å². The topological polar surface area (TPSA) is 118 Å². The molecule has 31 heavy (non-hydrogen) atoms. The molecule has 1 aromatic carbocycles. The highest BCUT2D eigenvalue weighted by atomic mass is 19.1. The van der Waals surface area contributed by atoms with E-state index in [0.717, 1.165) is 5.56 Å². The molecule has 4 N–H and O–H groups in total. The van der Waals surface area contributed by atoms with E-state index >= 15 is 0 Å². The van der Waals surface area contributed by atoms with Gasteiger partial charge in [-0.25, -0.2) is 9.37 Å². The number of hydrogen-bond acceptors (Lipinski definition) is 6. The van der Waals surface area contributed by atoms with Crippen LogP contribution in [0.1, 0.15) is 25.1 Å². The number of benzene rings is 1. The van der Waals surface area contributed by atoms with Gasteiger partial charge >= 0.3 is 0 Å². The van der Waals surface area contributed by atoms with Crippen molar-refractivity contribution in [1.82, 2.24) is 24.9 Å². The number of nitrogens with zero attached hydrogens (tertiary/aromatic N) is 4.